The lowest BCUT2D eigenvalue weighted by atomic mass is 10.0. The summed E-state index contributed by atoms with van der Waals surface area (Å²) in [5, 5.41) is 0.210. The van der Waals surface area contributed by atoms with Crippen LogP contribution < -0.4 is 0 Å². The molecule has 0 aliphatic carbocycles. The molecule has 80 valence electrons. The molecule has 0 atom stereocenters. The van der Waals surface area contributed by atoms with E-state index in [-0.39, 0.29) is 10.8 Å². The Morgan fingerprint density at radius 1 is 1.12 bits per heavy atom. The van der Waals surface area contributed by atoms with E-state index >= 15 is 0 Å². The van der Waals surface area contributed by atoms with Gasteiger partial charge in [-0.3, -0.25) is 4.79 Å². The fraction of sp³-hybridized carbons (Fsp3) is 0. The van der Waals surface area contributed by atoms with Gasteiger partial charge in [0.1, 0.15) is 16.7 Å². The van der Waals surface area contributed by atoms with Gasteiger partial charge < -0.3 is 0 Å². The van der Waals surface area contributed by atoms with E-state index in [4.69, 9.17) is 11.6 Å². The molecule has 1 heterocycles. The summed E-state index contributed by atoms with van der Waals surface area (Å²) in [6.45, 7) is 0. The summed E-state index contributed by atoms with van der Waals surface area (Å²) in [5.74, 6) is -0.394. The molecule has 16 heavy (non-hydrogen) atoms. The van der Waals surface area contributed by atoms with Crippen molar-refractivity contribution in [2.45, 2.75) is 0 Å². The number of nitrogens with zero attached hydrogens (tertiary/aromatic N) is 1. The van der Waals surface area contributed by atoms with E-state index < -0.39 is 5.82 Å². The Balaban J connectivity index is 2.65. The van der Waals surface area contributed by atoms with Gasteiger partial charge in [0.05, 0.1) is 0 Å². The Bertz CT molecular complexity index is 542. The second-order valence-electron chi connectivity index (χ2n) is 3.16. The number of hydrogen-bond acceptors (Lipinski definition) is 2. The Labute approximate surface area is 96.7 Å². The molecule has 1 aromatic heterocycles. The highest BCUT2D eigenvalue weighted by molar-refractivity contribution is 6.29. The SMILES string of the molecule is O=Cc1nc(Cl)ccc1-c1ccccc1F. The van der Waals surface area contributed by atoms with Crippen LogP contribution in [-0.4, -0.2) is 11.3 Å². The summed E-state index contributed by atoms with van der Waals surface area (Å²) in [6, 6.07) is 9.31. The molecule has 0 bridgehead atoms. The lowest BCUT2D eigenvalue weighted by Gasteiger charge is -2.05. The Morgan fingerprint density at radius 3 is 2.56 bits per heavy atom. The molecule has 0 amide bonds. The molecule has 0 N–H and O–H groups in total. The smallest absolute Gasteiger partial charge is 0.169 e. The van der Waals surface area contributed by atoms with Crippen molar-refractivity contribution in [3.63, 3.8) is 0 Å². The summed E-state index contributed by atoms with van der Waals surface area (Å²) in [6.07, 6.45) is 0.563. The van der Waals surface area contributed by atoms with Crippen LogP contribution in [0.25, 0.3) is 11.1 Å². The standard InChI is InChI=1S/C12H7ClFNO/c13-12-6-5-9(11(7-16)15-12)8-3-1-2-4-10(8)14/h1-7H. The van der Waals surface area contributed by atoms with E-state index in [1.165, 1.54) is 12.1 Å². The maximum absolute atomic E-state index is 13.5. The third-order valence-corrected chi connectivity index (χ3v) is 2.38. The second-order valence-corrected chi connectivity index (χ2v) is 3.55. The van der Waals surface area contributed by atoms with Crippen molar-refractivity contribution in [2.75, 3.05) is 0 Å². The number of pyridine rings is 1. The fourth-order valence-electron chi connectivity index (χ4n) is 1.45. The average molecular weight is 236 g/mol. The van der Waals surface area contributed by atoms with Crippen LogP contribution in [0.2, 0.25) is 5.15 Å². The molecule has 4 heteroatoms. The fourth-order valence-corrected chi connectivity index (χ4v) is 1.60. The van der Waals surface area contributed by atoms with Gasteiger partial charge >= 0.3 is 0 Å². The molecule has 0 radical (unpaired) electrons. The van der Waals surface area contributed by atoms with Gasteiger partial charge in [0.15, 0.2) is 6.29 Å². The summed E-state index contributed by atoms with van der Waals surface area (Å²) < 4.78 is 13.5. The van der Waals surface area contributed by atoms with Crippen molar-refractivity contribution < 1.29 is 9.18 Å². The van der Waals surface area contributed by atoms with E-state index in [1.54, 1.807) is 24.3 Å². The molecule has 0 spiro atoms. The van der Waals surface area contributed by atoms with Crippen molar-refractivity contribution in [1.82, 2.24) is 4.98 Å². The average Bonchev–Trinajstić information content (AvgIpc) is 2.30. The van der Waals surface area contributed by atoms with Crippen LogP contribution in [0, 0.1) is 5.82 Å². The number of hydrogen-bond donors (Lipinski definition) is 0. The van der Waals surface area contributed by atoms with E-state index in [2.05, 4.69) is 4.98 Å². The molecule has 0 aliphatic heterocycles. The highest BCUT2D eigenvalue weighted by Crippen LogP contribution is 2.25. The van der Waals surface area contributed by atoms with Gasteiger partial charge in [0.25, 0.3) is 0 Å². The van der Waals surface area contributed by atoms with Crippen molar-refractivity contribution in [2.24, 2.45) is 0 Å². The number of rotatable bonds is 2. The summed E-state index contributed by atoms with van der Waals surface area (Å²) in [7, 11) is 0. The maximum atomic E-state index is 13.5. The van der Waals surface area contributed by atoms with E-state index in [0.717, 1.165) is 0 Å². The first kappa shape index (κ1) is 10.8. The zero-order valence-corrected chi connectivity index (χ0v) is 8.91. The number of halogens is 2. The first-order valence-corrected chi connectivity index (χ1v) is 4.97. The zero-order valence-electron chi connectivity index (χ0n) is 8.15. The molecule has 2 aromatic rings. The molecular formula is C12H7ClFNO. The Hall–Kier alpha value is -1.74. The van der Waals surface area contributed by atoms with Gasteiger partial charge in [0.2, 0.25) is 0 Å². The monoisotopic (exact) mass is 235 g/mol. The van der Waals surface area contributed by atoms with Crippen LogP contribution in [0.4, 0.5) is 4.39 Å². The minimum atomic E-state index is -0.394. The minimum Gasteiger partial charge on any atom is -0.296 e. The van der Waals surface area contributed by atoms with Crippen molar-refractivity contribution in [3.05, 3.63) is 53.1 Å². The number of aldehydes is 1. The molecule has 1 aromatic carbocycles. The van der Waals surface area contributed by atoms with E-state index in [1.807, 2.05) is 0 Å². The third kappa shape index (κ3) is 1.95. The number of benzene rings is 1. The molecule has 0 saturated carbocycles. The molecule has 0 saturated heterocycles. The van der Waals surface area contributed by atoms with E-state index in [9.17, 15) is 9.18 Å². The van der Waals surface area contributed by atoms with Crippen LogP contribution in [0.3, 0.4) is 0 Å². The summed E-state index contributed by atoms with van der Waals surface area (Å²) in [4.78, 5) is 14.7. The molecule has 2 rings (SSSR count). The maximum Gasteiger partial charge on any atom is 0.169 e. The van der Waals surface area contributed by atoms with Gasteiger partial charge in [-0.05, 0) is 18.2 Å². The molecule has 2 nitrogen and oxygen atoms in total. The van der Waals surface area contributed by atoms with Gasteiger partial charge in [-0.1, -0.05) is 29.8 Å². The minimum absolute atomic E-state index is 0.137. The molecule has 0 fully saturated rings. The number of aromatic nitrogens is 1. The van der Waals surface area contributed by atoms with Crippen LogP contribution in [-0.2, 0) is 0 Å². The molecular weight excluding hydrogens is 229 g/mol. The molecule has 0 unspecified atom stereocenters. The van der Waals surface area contributed by atoms with Crippen molar-refractivity contribution in [1.29, 1.82) is 0 Å². The van der Waals surface area contributed by atoms with Crippen LogP contribution in [0.5, 0.6) is 0 Å². The van der Waals surface area contributed by atoms with Gasteiger partial charge in [-0.15, -0.1) is 0 Å². The van der Waals surface area contributed by atoms with Gasteiger partial charge in [-0.2, -0.15) is 0 Å². The third-order valence-electron chi connectivity index (χ3n) is 2.17. The zero-order chi connectivity index (χ0) is 11.5. The van der Waals surface area contributed by atoms with Gasteiger partial charge in [0, 0.05) is 11.1 Å². The van der Waals surface area contributed by atoms with E-state index in [0.29, 0.717) is 17.4 Å². The second kappa shape index (κ2) is 4.41. The van der Waals surface area contributed by atoms with Crippen molar-refractivity contribution in [3.8, 4) is 11.1 Å². The first-order chi connectivity index (χ1) is 7.72. The quantitative estimate of drug-likeness (QED) is 0.590. The lowest BCUT2D eigenvalue weighted by Crippen LogP contribution is -1.94. The van der Waals surface area contributed by atoms with Crippen LogP contribution >= 0.6 is 11.6 Å². The number of carbonyl (C=O) groups excluding carboxylic acids is 1. The number of carbonyl (C=O) groups is 1. The largest absolute Gasteiger partial charge is 0.296 e. The predicted molar refractivity (Wildman–Crippen MR) is 60.0 cm³/mol. The highest BCUT2D eigenvalue weighted by atomic mass is 35.5. The first-order valence-electron chi connectivity index (χ1n) is 4.59. The Kier molecular flexibility index (Phi) is 2.97. The van der Waals surface area contributed by atoms with Crippen LogP contribution in [0.15, 0.2) is 36.4 Å². The normalized spacial score (nSPS) is 10.1. The highest BCUT2D eigenvalue weighted by Gasteiger charge is 2.10. The summed E-state index contributed by atoms with van der Waals surface area (Å²) >= 11 is 5.66. The Morgan fingerprint density at radius 2 is 1.88 bits per heavy atom. The van der Waals surface area contributed by atoms with Crippen molar-refractivity contribution >= 4 is 17.9 Å². The topological polar surface area (TPSA) is 30.0 Å². The molecule has 0 aliphatic rings. The predicted octanol–water partition coefficient (Wildman–Crippen LogP) is 3.35. The van der Waals surface area contributed by atoms with Crippen LogP contribution in [0.1, 0.15) is 10.5 Å². The van der Waals surface area contributed by atoms with Gasteiger partial charge in [-0.25, -0.2) is 9.37 Å². The lowest BCUT2D eigenvalue weighted by molar-refractivity contribution is 0.111. The summed E-state index contributed by atoms with van der Waals surface area (Å²) in [5.41, 5.74) is 0.920.